The molecule has 0 spiro atoms. The third-order valence-corrected chi connectivity index (χ3v) is 4.12. The molecule has 0 saturated carbocycles. The van der Waals surface area contributed by atoms with Crippen molar-refractivity contribution in [2.45, 2.75) is 12.5 Å². The topological polar surface area (TPSA) is 52.3 Å². The zero-order valence-electron chi connectivity index (χ0n) is 10.4. The number of esters is 1. The molecular weight excluding hydrogens is 282 g/mol. The summed E-state index contributed by atoms with van der Waals surface area (Å²) in [6, 6.07) is 11.1. The van der Waals surface area contributed by atoms with Crippen LogP contribution in [0.5, 0.6) is 0 Å². The number of rotatable bonds is 4. The van der Waals surface area contributed by atoms with Gasteiger partial charge in [0.05, 0.1) is 7.11 Å². The molecule has 0 radical (unpaired) electrons. The van der Waals surface area contributed by atoms with Gasteiger partial charge in [-0.2, -0.15) is 0 Å². The van der Waals surface area contributed by atoms with Crippen molar-refractivity contribution in [3.05, 3.63) is 46.3 Å². The average molecular weight is 296 g/mol. The number of hydrogen-bond acceptors (Lipinski definition) is 4. The van der Waals surface area contributed by atoms with E-state index in [1.54, 1.807) is 11.3 Å². The highest BCUT2D eigenvalue weighted by Gasteiger charge is 2.15. The standard InChI is InChI=1S/C14H14ClNO2S/c1-18-14(17)12(16)8-11-6-7-13(19-11)9-2-4-10(15)5-3-9/h2-7,12H,8,16H2,1H3. The Hall–Kier alpha value is -1.36. The molecule has 1 unspecified atom stereocenters. The van der Waals surface area contributed by atoms with Gasteiger partial charge in [0, 0.05) is 21.2 Å². The summed E-state index contributed by atoms with van der Waals surface area (Å²) in [6.07, 6.45) is 0.491. The van der Waals surface area contributed by atoms with Crippen molar-refractivity contribution in [1.82, 2.24) is 0 Å². The first kappa shape index (κ1) is 14.1. The van der Waals surface area contributed by atoms with Crippen LogP contribution in [0.3, 0.4) is 0 Å². The highest BCUT2D eigenvalue weighted by atomic mass is 35.5. The lowest BCUT2D eigenvalue weighted by molar-refractivity contribution is -0.142. The quantitative estimate of drug-likeness (QED) is 0.882. The van der Waals surface area contributed by atoms with Crippen LogP contribution >= 0.6 is 22.9 Å². The van der Waals surface area contributed by atoms with Crippen molar-refractivity contribution in [2.24, 2.45) is 5.73 Å². The van der Waals surface area contributed by atoms with Crippen LogP contribution < -0.4 is 5.73 Å². The number of carbonyl (C=O) groups is 1. The number of methoxy groups -OCH3 is 1. The van der Waals surface area contributed by atoms with Gasteiger partial charge < -0.3 is 10.5 Å². The fourth-order valence-electron chi connectivity index (χ4n) is 1.71. The molecule has 1 atom stereocenters. The van der Waals surface area contributed by atoms with Crippen LogP contribution in [-0.2, 0) is 16.0 Å². The van der Waals surface area contributed by atoms with Gasteiger partial charge in [-0.15, -0.1) is 11.3 Å². The first-order chi connectivity index (χ1) is 9.10. The lowest BCUT2D eigenvalue weighted by atomic mass is 10.2. The molecule has 0 amide bonds. The molecule has 100 valence electrons. The predicted octanol–water partition coefficient (Wildman–Crippen LogP) is 3.11. The molecule has 0 saturated heterocycles. The SMILES string of the molecule is COC(=O)C(N)Cc1ccc(-c2ccc(Cl)cc2)s1. The number of hydrogen-bond donors (Lipinski definition) is 1. The first-order valence-corrected chi connectivity index (χ1v) is 6.97. The van der Waals surface area contributed by atoms with Gasteiger partial charge in [-0.25, -0.2) is 0 Å². The highest BCUT2D eigenvalue weighted by Crippen LogP contribution is 2.29. The normalized spacial score (nSPS) is 12.2. The third-order valence-electron chi connectivity index (χ3n) is 2.72. The van der Waals surface area contributed by atoms with Gasteiger partial charge in [-0.05, 0) is 29.8 Å². The number of nitrogens with two attached hydrogens (primary N) is 1. The number of carbonyl (C=O) groups excluding carboxylic acids is 1. The van der Waals surface area contributed by atoms with Crippen LogP contribution in [0.2, 0.25) is 5.02 Å². The summed E-state index contributed by atoms with van der Waals surface area (Å²) >= 11 is 7.48. The Bertz CT molecular complexity index is 565. The zero-order valence-corrected chi connectivity index (χ0v) is 12.0. The molecule has 1 heterocycles. The van der Waals surface area contributed by atoms with Gasteiger partial charge in [-0.3, -0.25) is 4.79 Å². The molecule has 2 aromatic rings. The van der Waals surface area contributed by atoms with Gasteiger partial charge in [0.2, 0.25) is 0 Å². The summed E-state index contributed by atoms with van der Waals surface area (Å²) in [6.45, 7) is 0. The van der Waals surface area contributed by atoms with Crippen LogP contribution in [0, 0.1) is 0 Å². The summed E-state index contributed by atoms with van der Waals surface area (Å²) in [5, 5.41) is 0.716. The lowest BCUT2D eigenvalue weighted by Crippen LogP contribution is -2.33. The largest absolute Gasteiger partial charge is 0.468 e. The van der Waals surface area contributed by atoms with E-state index in [-0.39, 0.29) is 5.97 Å². The lowest BCUT2D eigenvalue weighted by Gasteiger charge is -2.06. The predicted molar refractivity (Wildman–Crippen MR) is 78.5 cm³/mol. The fourth-order valence-corrected chi connectivity index (χ4v) is 2.91. The molecule has 5 heteroatoms. The summed E-state index contributed by atoms with van der Waals surface area (Å²) < 4.78 is 4.61. The van der Waals surface area contributed by atoms with Crippen molar-refractivity contribution < 1.29 is 9.53 Å². The molecule has 0 fully saturated rings. The molecule has 1 aromatic heterocycles. The Balaban J connectivity index is 2.11. The minimum Gasteiger partial charge on any atom is -0.468 e. The number of benzene rings is 1. The maximum absolute atomic E-state index is 11.3. The molecule has 0 aliphatic rings. The monoisotopic (exact) mass is 295 g/mol. The second-order valence-electron chi connectivity index (χ2n) is 4.11. The van der Waals surface area contributed by atoms with Crippen LogP contribution in [0.25, 0.3) is 10.4 Å². The molecule has 3 nitrogen and oxygen atoms in total. The zero-order chi connectivity index (χ0) is 13.8. The van der Waals surface area contributed by atoms with E-state index in [4.69, 9.17) is 17.3 Å². The maximum atomic E-state index is 11.3. The van der Waals surface area contributed by atoms with E-state index in [2.05, 4.69) is 4.74 Å². The highest BCUT2D eigenvalue weighted by molar-refractivity contribution is 7.15. The van der Waals surface area contributed by atoms with E-state index in [0.717, 1.165) is 15.3 Å². The summed E-state index contributed by atoms with van der Waals surface area (Å²) in [5.74, 6) is -0.388. The first-order valence-electron chi connectivity index (χ1n) is 5.78. The van der Waals surface area contributed by atoms with Crippen molar-refractivity contribution >= 4 is 28.9 Å². The smallest absolute Gasteiger partial charge is 0.323 e. The average Bonchev–Trinajstić information content (AvgIpc) is 2.87. The fraction of sp³-hybridized carbons (Fsp3) is 0.214. The molecular formula is C14H14ClNO2S. The van der Waals surface area contributed by atoms with Crippen molar-refractivity contribution in [2.75, 3.05) is 7.11 Å². The Morgan fingerprint density at radius 2 is 2.00 bits per heavy atom. The van der Waals surface area contributed by atoms with E-state index in [1.165, 1.54) is 7.11 Å². The minimum atomic E-state index is -0.610. The Labute approximate surface area is 121 Å². The summed E-state index contributed by atoms with van der Waals surface area (Å²) in [7, 11) is 1.34. The van der Waals surface area contributed by atoms with Crippen LogP contribution in [0.1, 0.15) is 4.88 Å². The van der Waals surface area contributed by atoms with Crippen molar-refractivity contribution in [3.8, 4) is 10.4 Å². The van der Waals surface area contributed by atoms with Gasteiger partial charge in [0.25, 0.3) is 0 Å². The van der Waals surface area contributed by atoms with Gasteiger partial charge in [-0.1, -0.05) is 23.7 Å². The summed E-state index contributed by atoms with van der Waals surface area (Å²) in [4.78, 5) is 13.5. The number of ether oxygens (including phenoxy) is 1. The third kappa shape index (κ3) is 3.56. The number of thiophene rings is 1. The van der Waals surface area contributed by atoms with Gasteiger partial charge >= 0.3 is 5.97 Å². The van der Waals surface area contributed by atoms with Gasteiger partial charge in [0.15, 0.2) is 0 Å². The van der Waals surface area contributed by atoms with E-state index >= 15 is 0 Å². The molecule has 2 N–H and O–H groups in total. The Kier molecular flexibility index (Phi) is 4.58. The molecule has 2 rings (SSSR count). The van der Waals surface area contributed by atoms with E-state index in [9.17, 15) is 4.79 Å². The van der Waals surface area contributed by atoms with Crippen LogP contribution in [-0.4, -0.2) is 19.1 Å². The molecule has 0 bridgehead atoms. The maximum Gasteiger partial charge on any atom is 0.323 e. The van der Waals surface area contributed by atoms with Gasteiger partial charge in [0.1, 0.15) is 6.04 Å². The Morgan fingerprint density at radius 1 is 1.32 bits per heavy atom. The van der Waals surface area contributed by atoms with E-state index in [0.29, 0.717) is 11.4 Å². The second-order valence-corrected chi connectivity index (χ2v) is 5.71. The molecule has 0 aliphatic carbocycles. The molecule has 0 aliphatic heterocycles. The molecule has 19 heavy (non-hydrogen) atoms. The Morgan fingerprint density at radius 3 is 2.63 bits per heavy atom. The second kappa shape index (κ2) is 6.19. The van der Waals surface area contributed by atoms with E-state index in [1.807, 2.05) is 36.4 Å². The van der Waals surface area contributed by atoms with Crippen LogP contribution in [0.4, 0.5) is 0 Å². The summed E-state index contributed by atoms with van der Waals surface area (Å²) in [5.41, 5.74) is 6.85. The molecule has 1 aromatic carbocycles. The van der Waals surface area contributed by atoms with Crippen molar-refractivity contribution in [3.63, 3.8) is 0 Å². The minimum absolute atomic E-state index is 0.388. The number of halogens is 1. The van der Waals surface area contributed by atoms with Crippen LogP contribution in [0.15, 0.2) is 36.4 Å². The van der Waals surface area contributed by atoms with E-state index < -0.39 is 6.04 Å². The van der Waals surface area contributed by atoms with Crippen molar-refractivity contribution in [1.29, 1.82) is 0 Å².